The average molecular weight is 447 g/mol. The number of aromatic amines is 1. The van der Waals surface area contributed by atoms with E-state index in [1.54, 1.807) is 6.92 Å². The van der Waals surface area contributed by atoms with E-state index in [1.165, 1.54) is 17.0 Å². The van der Waals surface area contributed by atoms with Gasteiger partial charge in [-0.05, 0) is 42.8 Å². The van der Waals surface area contributed by atoms with Crippen LogP contribution in [-0.4, -0.2) is 44.3 Å². The maximum Gasteiger partial charge on any atom is 0.410 e. The van der Waals surface area contributed by atoms with Crippen molar-refractivity contribution < 1.29 is 23.8 Å². The molecule has 1 aromatic heterocycles. The van der Waals surface area contributed by atoms with Crippen LogP contribution in [0.2, 0.25) is 5.02 Å². The van der Waals surface area contributed by atoms with Crippen molar-refractivity contribution in [2.24, 2.45) is 0 Å². The first kappa shape index (κ1) is 21.1. The van der Waals surface area contributed by atoms with Gasteiger partial charge >= 0.3 is 6.09 Å². The van der Waals surface area contributed by atoms with Crippen molar-refractivity contribution >= 4 is 34.6 Å². The number of H-pyrrole nitrogens is 1. The summed E-state index contributed by atoms with van der Waals surface area (Å²) in [5, 5.41) is 13.2. The highest BCUT2D eigenvalue weighted by molar-refractivity contribution is 6.30. The van der Waals surface area contributed by atoms with Gasteiger partial charge in [-0.3, -0.25) is 4.79 Å². The third-order valence-electron chi connectivity index (χ3n) is 5.18. The van der Waals surface area contributed by atoms with Crippen LogP contribution in [-0.2, 0) is 16.1 Å². The van der Waals surface area contributed by atoms with Crippen molar-refractivity contribution in [2.75, 3.05) is 6.54 Å². The number of benzene rings is 2. The van der Waals surface area contributed by atoms with Gasteiger partial charge in [-0.2, -0.15) is 0 Å². The summed E-state index contributed by atoms with van der Waals surface area (Å²) in [5.74, 6) is -3.00. The molecule has 0 bridgehead atoms. The van der Waals surface area contributed by atoms with Crippen molar-refractivity contribution in [3.63, 3.8) is 0 Å². The number of amides is 2. The number of para-hydroxylation sites is 2. The zero-order valence-electron chi connectivity index (χ0n) is 16.6. The number of carbonyl (C=O) groups is 2. The summed E-state index contributed by atoms with van der Waals surface area (Å²) in [4.78, 5) is 34.0. The van der Waals surface area contributed by atoms with Gasteiger partial charge in [0.25, 0.3) is 11.7 Å². The van der Waals surface area contributed by atoms with Crippen LogP contribution in [0.4, 0.5) is 9.18 Å². The Labute approximate surface area is 182 Å². The van der Waals surface area contributed by atoms with E-state index in [9.17, 15) is 19.1 Å². The Kier molecular flexibility index (Phi) is 5.55. The molecule has 4 rings (SSSR count). The fourth-order valence-corrected chi connectivity index (χ4v) is 3.81. The predicted molar refractivity (Wildman–Crippen MR) is 111 cm³/mol. The van der Waals surface area contributed by atoms with Gasteiger partial charge in [-0.15, -0.1) is 0 Å². The highest BCUT2D eigenvalue weighted by Crippen LogP contribution is 2.31. The van der Waals surface area contributed by atoms with E-state index in [1.807, 2.05) is 24.3 Å². The predicted octanol–water partition coefficient (Wildman–Crippen LogP) is 3.26. The summed E-state index contributed by atoms with van der Waals surface area (Å²) in [6.45, 7) is 1.87. The van der Waals surface area contributed by atoms with E-state index in [2.05, 4.69) is 15.3 Å². The Bertz CT molecular complexity index is 1100. The second kappa shape index (κ2) is 8.16. The zero-order valence-corrected chi connectivity index (χ0v) is 17.3. The molecule has 162 valence electrons. The second-order valence-electron chi connectivity index (χ2n) is 7.37. The molecule has 3 aromatic rings. The number of nitrogens with zero attached hydrogens (tertiary/aromatic N) is 2. The van der Waals surface area contributed by atoms with Gasteiger partial charge in [0.05, 0.1) is 17.1 Å². The largest absolute Gasteiger partial charge is 0.410 e. The molecule has 1 aliphatic rings. The molecular weight excluding hydrogens is 427 g/mol. The minimum atomic E-state index is -2.29. The standard InChI is InChI=1S/C21H20ClFN4O4/c1-12(18-25-16-4-2-3-5-17(16)26-18)27-7-6-21(30,19(27)28)31-20(29)24-11-13-8-14(22)10-15(23)9-13/h2-5,8-10,12,30H,6-7,11H2,1H3,(H,24,29)(H,25,26). The maximum atomic E-state index is 13.4. The van der Waals surface area contributed by atoms with Gasteiger partial charge in [-0.1, -0.05) is 23.7 Å². The summed E-state index contributed by atoms with van der Waals surface area (Å²) in [6, 6.07) is 10.8. The second-order valence-corrected chi connectivity index (χ2v) is 7.81. The molecule has 1 fully saturated rings. The Morgan fingerprint density at radius 2 is 2.19 bits per heavy atom. The number of nitrogens with one attached hydrogen (secondary N) is 2. The SMILES string of the molecule is CC(c1nc2ccccc2[nH]1)N1CCC(O)(OC(=O)NCc2cc(F)cc(Cl)c2)C1=O. The van der Waals surface area contributed by atoms with Crippen molar-refractivity contribution in [3.8, 4) is 0 Å². The molecule has 2 aromatic carbocycles. The number of halogens is 2. The molecular formula is C21H20ClFN4O4. The third kappa shape index (κ3) is 4.33. The normalized spacial score (nSPS) is 19.6. The van der Waals surface area contributed by atoms with Gasteiger partial charge in [0.15, 0.2) is 0 Å². The number of aromatic nitrogens is 2. The first-order valence-corrected chi connectivity index (χ1v) is 10.0. The molecule has 31 heavy (non-hydrogen) atoms. The summed E-state index contributed by atoms with van der Waals surface area (Å²) in [5.41, 5.74) is 2.01. The topological polar surface area (TPSA) is 108 Å². The number of hydrogen-bond acceptors (Lipinski definition) is 5. The van der Waals surface area contributed by atoms with Gasteiger partial charge in [0.1, 0.15) is 11.6 Å². The minimum absolute atomic E-state index is 0.0836. The van der Waals surface area contributed by atoms with E-state index in [4.69, 9.17) is 16.3 Å². The molecule has 0 aliphatic carbocycles. The molecule has 2 atom stereocenters. The number of likely N-dealkylation sites (tertiary alicyclic amines) is 1. The highest BCUT2D eigenvalue weighted by Gasteiger charge is 2.50. The average Bonchev–Trinajstić information content (AvgIpc) is 3.27. The Morgan fingerprint density at radius 1 is 1.42 bits per heavy atom. The molecule has 2 amide bonds. The lowest BCUT2D eigenvalue weighted by molar-refractivity contribution is -0.183. The minimum Gasteiger partial charge on any atom is -0.407 e. The van der Waals surface area contributed by atoms with Gasteiger partial charge in [0, 0.05) is 24.5 Å². The van der Waals surface area contributed by atoms with Crippen LogP contribution < -0.4 is 5.32 Å². The quantitative estimate of drug-likeness (QED) is 0.521. The van der Waals surface area contributed by atoms with Crippen LogP contribution in [0.3, 0.4) is 0 Å². The summed E-state index contributed by atoms with van der Waals surface area (Å²) < 4.78 is 18.4. The summed E-state index contributed by atoms with van der Waals surface area (Å²) in [7, 11) is 0. The lowest BCUT2D eigenvalue weighted by atomic mass is 10.2. The van der Waals surface area contributed by atoms with Gasteiger partial charge in [-0.25, -0.2) is 14.2 Å². The fraction of sp³-hybridized carbons (Fsp3) is 0.286. The van der Waals surface area contributed by atoms with Crippen LogP contribution in [0.25, 0.3) is 11.0 Å². The van der Waals surface area contributed by atoms with E-state index in [0.29, 0.717) is 11.4 Å². The molecule has 1 saturated heterocycles. The van der Waals surface area contributed by atoms with Crippen molar-refractivity contribution in [1.29, 1.82) is 0 Å². The zero-order chi connectivity index (χ0) is 22.2. The molecule has 1 aliphatic heterocycles. The molecule has 0 spiro atoms. The number of rotatable bonds is 5. The third-order valence-corrected chi connectivity index (χ3v) is 5.40. The smallest absolute Gasteiger partial charge is 0.407 e. The Morgan fingerprint density at radius 3 is 2.94 bits per heavy atom. The van der Waals surface area contributed by atoms with Crippen LogP contribution in [0.1, 0.15) is 30.8 Å². The molecule has 0 saturated carbocycles. The molecule has 8 nitrogen and oxygen atoms in total. The van der Waals surface area contributed by atoms with Crippen LogP contribution in [0.15, 0.2) is 42.5 Å². The lowest BCUT2D eigenvalue weighted by Gasteiger charge is -2.25. The monoisotopic (exact) mass is 446 g/mol. The molecule has 2 heterocycles. The highest BCUT2D eigenvalue weighted by atomic mass is 35.5. The van der Waals surface area contributed by atoms with Crippen LogP contribution in [0.5, 0.6) is 0 Å². The Hall–Kier alpha value is -3.17. The Balaban J connectivity index is 1.40. The van der Waals surface area contributed by atoms with E-state index >= 15 is 0 Å². The number of aliphatic hydroxyl groups is 1. The summed E-state index contributed by atoms with van der Waals surface area (Å²) in [6.07, 6.45) is -1.09. The number of hydrogen-bond donors (Lipinski definition) is 3. The number of carbonyl (C=O) groups excluding carboxylic acids is 2. The number of ether oxygens (including phenoxy) is 1. The summed E-state index contributed by atoms with van der Waals surface area (Å²) >= 11 is 5.78. The van der Waals surface area contributed by atoms with Crippen LogP contribution in [0, 0.1) is 5.82 Å². The van der Waals surface area contributed by atoms with Crippen molar-refractivity contribution in [1.82, 2.24) is 20.2 Å². The molecule has 0 radical (unpaired) electrons. The van der Waals surface area contributed by atoms with E-state index in [0.717, 1.165) is 17.1 Å². The lowest BCUT2D eigenvalue weighted by Crippen LogP contribution is -2.46. The number of alkyl carbamates (subject to hydrolysis) is 1. The van der Waals surface area contributed by atoms with Crippen molar-refractivity contribution in [2.45, 2.75) is 31.7 Å². The van der Waals surface area contributed by atoms with Crippen LogP contribution >= 0.6 is 11.6 Å². The maximum absolute atomic E-state index is 13.4. The first-order valence-electron chi connectivity index (χ1n) is 9.65. The van der Waals surface area contributed by atoms with Gasteiger partial charge in [0.2, 0.25) is 0 Å². The van der Waals surface area contributed by atoms with E-state index in [-0.39, 0.29) is 24.5 Å². The van der Waals surface area contributed by atoms with Gasteiger partial charge < -0.3 is 25.0 Å². The molecule has 10 heteroatoms. The number of imidazole rings is 1. The van der Waals surface area contributed by atoms with E-state index < -0.39 is 29.6 Å². The number of fused-ring (bicyclic) bond motifs is 1. The molecule has 3 N–H and O–H groups in total. The first-order chi connectivity index (χ1) is 14.7. The molecule has 2 unspecified atom stereocenters. The fourth-order valence-electron chi connectivity index (χ4n) is 3.56. The van der Waals surface area contributed by atoms with Crippen molar-refractivity contribution in [3.05, 3.63) is 64.7 Å².